The predicted molar refractivity (Wildman–Crippen MR) is 76.2 cm³/mol. The van der Waals surface area contributed by atoms with Crippen molar-refractivity contribution in [2.45, 2.75) is 25.4 Å². The van der Waals surface area contributed by atoms with Gasteiger partial charge < -0.3 is 19.5 Å². The summed E-state index contributed by atoms with van der Waals surface area (Å²) in [5.74, 6) is 1.66. The molecular weight excluding hydrogens is 256 g/mol. The standard InChI is InChI=1S/C15H22N2O3/c1-16(2)12-4-3-5-17(9-12)8-11-6-14-15(7-13(11)18)20-10-19-14/h6-7,12,18H,3-5,8-10H2,1-2H3. The number of hydrogen-bond acceptors (Lipinski definition) is 5. The zero-order valence-corrected chi connectivity index (χ0v) is 12.1. The predicted octanol–water partition coefficient (Wildman–Crippen LogP) is 1.65. The summed E-state index contributed by atoms with van der Waals surface area (Å²) in [5, 5.41) is 10.1. The fourth-order valence-electron chi connectivity index (χ4n) is 2.94. The van der Waals surface area contributed by atoms with Crippen LogP contribution in [0.2, 0.25) is 0 Å². The lowest BCUT2D eigenvalue weighted by molar-refractivity contribution is 0.127. The molecule has 1 unspecified atom stereocenters. The molecule has 0 aliphatic carbocycles. The molecule has 5 heteroatoms. The summed E-state index contributed by atoms with van der Waals surface area (Å²) in [6.45, 7) is 3.12. The lowest BCUT2D eigenvalue weighted by Gasteiger charge is -2.36. The zero-order chi connectivity index (χ0) is 14.1. The maximum atomic E-state index is 10.1. The average molecular weight is 278 g/mol. The third-order valence-corrected chi connectivity index (χ3v) is 4.18. The van der Waals surface area contributed by atoms with Gasteiger partial charge in [-0.2, -0.15) is 0 Å². The van der Waals surface area contributed by atoms with Gasteiger partial charge in [-0.15, -0.1) is 0 Å². The number of fused-ring (bicyclic) bond motifs is 1. The average Bonchev–Trinajstić information content (AvgIpc) is 2.86. The normalized spacial score (nSPS) is 22.4. The van der Waals surface area contributed by atoms with E-state index in [1.807, 2.05) is 6.07 Å². The third kappa shape index (κ3) is 2.69. The number of aromatic hydroxyl groups is 1. The number of phenols is 1. The Balaban J connectivity index is 1.71. The smallest absolute Gasteiger partial charge is 0.231 e. The van der Waals surface area contributed by atoms with Crippen molar-refractivity contribution >= 4 is 0 Å². The summed E-state index contributed by atoms with van der Waals surface area (Å²) < 4.78 is 10.7. The maximum absolute atomic E-state index is 10.1. The lowest BCUT2D eigenvalue weighted by atomic mass is 10.0. The van der Waals surface area contributed by atoms with Crippen molar-refractivity contribution in [3.8, 4) is 17.2 Å². The van der Waals surface area contributed by atoms with E-state index < -0.39 is 0 Å². The molecule has 1 fully saturated rings. The molecule has 2 aliphatic rings. The van der Waals surface area contributed by atoms with Crippen molar-refractivity contribution in [2.75, 3.05) is 34.0 Å². The van der Waals surface area contributed by atoms with Crippen molar-refractivity contribution in [2.24, 2.45) is 0 Å². The summed E-state index contributed by atoms with van der Waals surface area (Å²) in [6, 6.07) is 4.15. The van der Waals surface area contributed by atoms with E-state index in [1.54, 1.807) is 6.07 Å². The summed E-state index contributed by atoms with van der Waals surface area (Å²) in [4.78, 5) is 4.68. The molecule has 2 heterocycles. The number of nitrogens with zero attached hydrogens (tertiary/aromatic N) is 2. The SMILES string of the molecule is CN(C)C1CCCN(Cc2cc3c(cc2O)OCO3)C1. The Labute approximate surface area is 119 Å². The highest BCUT2D eigenvalue weighted by atomic mass is 16.7. The molecule has 0 spiro atoms. The second-order valence-electron chi connectivity index (χ2n) is 5.83. The maximum Gasteiger partial charge on any atom is 0.231 e. The van der Waals surface area contributed by atoms with Crippen molar-refractivity contribution in [1.29, 1.82) is 0 Å². The van der Waals surface area contributed by atoms with Gasteiger partial charge in [0.25, 0.3) is 0 Å². The molecule has 0 aromatic heterocycles. The Morgan fingerprint density at radius 2 is 2.05 bits per heavy atom. The second kappa shape index (κ2) is 5.50. The van der Waals surface area contributed by atoms with Crippen LogP contribution in [0.5, 0.6) is 17.2 Å². The lowest BCUT2D eigenvalue weighted by Crippen LogP contribution is -2.44. The van der Waals surface area contributed by atoms with Crippen LogP contribution in [0.25, 0.3) is 0 Å². The minimum absolute atomic E-state index is 0.241. The van der Waals surface area contributed by atoms with Gasteiger partial charge >= 0.3 is 0 Å². The number of piperidine rings is 1. The summed E-state index contributed by atoms with van der Waals surface area (Å²) in [5.41, 5.74) is 0.911. The molecule has 1 aromatic rings. The summed E-state index contributed by atoms with van der Waals surface area (Å²) in [6.07, 6.45) is 2.45. The van der Waals surface area contributed by atoms with Gasteiger partial charge in [0.1, 0.15) is 5.75 Å². The van der Waals surface area contributed by atoms with Crippen LogP contribution < -0.4 is 9.47 Å². The number of benzene rings is 1. The van der Waals surface area contributed by atoms with Crippen LogP contribution in [-0.2, 0) is 6.54 Å². The topological polar surface area (TPSA) is 45.2 Å². The molecule has 0 bridgehead atoms. The van der Waals surface area contributed by atoms with Crippen LogP contribution in [0, 0.1) is 0 Å². The van der Waals surface area contributed by atoms with E-state index in [2.05, 4.69) is 23.9 Å². The van der Waals surface area contributed by atoms with E-state index in [9.17, 15) is 5.11 Å². The van der Waals surface area contributed by atoms with E-state index in [-0.39, 0.29) is 6.79 Å². The van der Waals surface area contributed by atoms with E-state index in [0.29, 0.717) is 17.5 Å². The quantitative estimate of drug-likeness (QED) is 0.911. The molecule has 0 radical (unpaired) electrons. The number of phenolic OH excluding ortho intramolecular Hbond substituents is 1. The van der Waals surface area contributed by atoms with Crippen molar-refractivity contribution in [3.05, 3.63) is 17.7 Å². The molecule has 20 heavy (non-hydrogen) atoms. The van der Waals surface area contributed by atoms with Crippen molar-refractivity contribution in [3.63, 3.8) is 0 Å². The van der Waals surface area contributed by atoms with Gasteiger partial charge in [0.2, 0.25) is 6.79 Å². The minimum Gasteiger partial charge on any atom is -0.507 e. The zero-order valence-electron chi connectivity index (χ0n) is 12.1. The van der Waals surface area contributed by atoms with Crippen LogP contribution >= 0.6 is 0 Å². The Hall–Kier alpha value is -1.46. The van der Waals surface area contributed by atoms with Gasteiger partial charge in [-0.25, -0.2) is 0 Å². The molecule has 110 valence electrons. The first kappa shape index (κ1) is 13.5. The van der Waals surface area contributed by atoms with Crippen LogP contribution in [0.4, 0.5) is 0 Å². The monoisotopic (exact) mass is 278 g/mol. The van der Waals surface area contributed by atoms with Gasteiger partial charge in [0.05, 0.1) is 0 Å². The van der Waals surface area contributed by atoms with E-state index in [0.717, 1.165) is 30.9 Å². The fourth-order valence-corrected chi connectivity index (χ4v) is 2.94. The molecule has 0 amide bonds. The number of rotatable bonds is 3. The van der Waals surface area contributed by atoms with Crippen LogP contribution in [0.1, 0.15) is 18.4 Å². The summed E-state index contributed by atoms with van der Waals surface area (Å²) in [7, 11) is 4.26. The molecule has 1 saturated heterocycles. The van der Waals surface area contributed by atoms with Crippen LogP contribution in [0.15, 0.2) is 12.1 Å². The molecule has 2 aliphatic heterocycles. The molecular formula is C15H22N2O3. The first-order valence-electron chi connectivity index (χ1n) is 7.14. The minimum atomic E-state index is 0.241. The number of likely N-dealkylation sites (tertiary alicyclic amines) is 1. The Bertz CT molecular complexity index is 490. The Morgan fingerprint density at radius 3 is 2.80 bits per heavy atom. The van der Waals surface area contributed by atoms with Crippen molar-refractivity contribution < 1.29 is 14.6 Å². The van der Waals surface area contributed by atoms with E-state index >= 15 is 0 Å². The van der Waals surface area contributed by atoms with E-state index in [1.165, 1.54) is 12.8 Å². The Morgan fingerprint density at radius 1 is 1.30 bits per heavy atom. The number of hydrogen-bond donors (Lipinski definition) is 1. The molecule has 0 saturated carbocycles. The van der Waals surface area contributed by atoms with E-state index in [4.69, 9.17) is 9.47 Å². The molecule has 1 N–H and O–H groups in total. The highest BCUT2D eigenvalue weighted by Gasteiger charge is 2.23. The van der Waals surface area contributed by atoms with Crippen molar-refractivity contribution in [1.82, 2.24) is 9.80 Å². The Kier molecular flexibility index (Phi) is 3.72. The number of likely N-dealkylation sites (N-methyl/N-ethyl adjacent to an activating group) is 1. The second-order valence-corrected chi connectivity index (χ2v) is 5.83. The first-order chi connectivity index (χ1) is 9.63. The highest BCUT2D eigenvalue weighted by molar-refractivity contribution is 5.51. The molecule has 1 atom stereocenters. The van der Waals surface area contributed by atoms with Gasteiger partial charge in [-0.05, 0) is 39.5 Å². The molecule has 3 rings (SSSR count). The number of ether oxygens (including phenoxy) is 2. The van der Waals surface area contributed by atoms with Gasteiger partial charge in [0, 0.05) is 30.8 Å². The van der Waals surface area contributed by atoms with Gasteiger partial charge in [-0.1, -0.05) is 0 Å². The molecule has 1 aromatic carbocycles. The fraction of sp³-hybridized carbons (Fsp3) is 0.600. The van der Waals surface area contributed by atoms with Crippen LogP contribution in [0.3, 0.4) is 0 Å². The molecule has 5 nitrogen and oxygen atoms in total. The first-order valence-corrected chi connectivity index (χ1v) is 7.14. The van der Waals surface area contributed by atoms with Crippen LogP contribution in [-0.4, -0.2) is 54.9 Å². The van der Waals surface area contributed by atoms with Gasteiger partial charge in [0.15, 0.2) is 11.5 Å². The third-order valence-electron chi connectivity index (χ3n) is 4.18. The largest absolute Gasteiger partial charge is 0.507 e. The summed E-state index contributed by atoms with van der Waals surface area (Å²) >= 11 is 0. The highest BCUT2D eigenvalue weighted by Crippen LogP contribution is 2.38. The van der Waals surface area contributed by atoms with Gasteiger partial charge in [-0.3, -0.25) is 4.90 Å².